The average Bonchev–Trinajstić information content (AvgIpc) is 2.94. The molecule has 215 valence electrons. The van der Waals surface area contributed by atoms with Gasteiger partial charge in [0.1, 0.15) is 0 Å². The first-order valence-electron chi connectivity index (χ1n) is 13.6. The molecule has 2 aromatic rings. The fourth-order valence-electron chi connectivity index (χ4n) is 4.84. The van der Waals surface area contributed by atoms with Gasteiger partial charge in [0.2, 0.25) is 11.6 Å². The van der Waals surface area contributed by atoms with Gasteiger partial charge in [0.15, 0.2) is 11.5 Å². The molecule has 0 aliphatic heterocycles. The number of rotatable bonds is 11. The Labute approximate surface area is 252 Å². The molecule has 0 unspecified atom stereocenters. The summed E-state index contributed by atoms with van der Waals surface area (Å²) in [7, 11) is 0. The van der Waals surface area contributed by atoms with Gasteiger partial charge in [-0.2, -0.15) is 0 Å². The van der Waals surface area contributed by atoms with Gasteiger partial charge < -0.3 is 20.1 Å². The van der Waals surface area contributed by atoms with E-state index in [1.807, 2.05) is 26.0 Å². The van der Waals surface area contributed by atoms with Crippen LogP contribution in [0.5, 0.6) is 0 Å². The number of Topliss-reactive ketones (excluding diaryl/α,β-unsaturated/α-hetero) is 2. The molecule has 0 aromatic heterocycles. The normalized spacial score (nSPS) is 16.3. The van der Waals surface area contributed by atoms with Gasteiger partial charge in [0.05, 0.1) is 13.2 Å². The monoisotopic (exact) mass is 595 g/mol. The van der Waals surface area contributed by atoms with E-state index >= 15 is 0 Å². The smallest absolute Gasteiger partial charge is 0.228 e. The zero-order chi connectivity index (χ0) is 28.5. The van der Waals surface area contributed by atoms with Gasteiger partial charge in [-0.1, -0.05) is 48.6 Å². The SMILES string of the molecule is CCOC1=CC=C/C(=C/NCc2cccc(C)c2-c2c(C)cccc2CN/C=C2/C=CC=C(OCC)C2=O)C1=O.[Co]. The Morgan fingerprint density at radius 2 is 1.10 bits per heavy atom. The van der Waals surface area contributed by atoms with Crippen LogP contribution >= 0.6 is 0 Å². The molecule has 6 nitrogen and oxygen atoms in total. The predicted octanol–water partition coefficient (Wildman–Crippen LogP) is 6.03. The van der Waals surface area contributed by atoms with Crippen molar-refractivity contribution in [1.29, 1.82) is 0 Å². The van der Waals surface area contributed by atoms with E-state index in [2.05, 4.69) is 60.9 Å². The van der Waals surface area contributed by atoms with E-state index in [0.717, 1.165) is 33.4 Å². The van der Waals surface area contributed by atoms with Crippen LogP contribution in [0.25, 0.3) is 11.1 Å². The van der Waals surface area contributed by atoms with Crippen LogP contribution in [-0.4, -0.2) is 24.8 Å². The Kier molecular flexibility index (Phi) is 11.6. The number of hydrogen-bond acceptors (Lipinski definition) is 6. The van der Waals surface area contributed by atoms with Gasteiger partial charge >= 0.3 is 0 Å². The van der Waals surface area contributed by atoms with Crippen LogP contribution in [0.4, 0.5) is 0 Å². The number of ketones is 2. The van der Waals surface area contributed by atoms with Crippen molar-refractivity contribution in [3.63, 3.8) is 0 Å². The summed E-state index contributed by atoms with van der Waals surface area (Å²) in [6.45, 7) is 9.94. The van der Waals surface area contributed by atoms with Crippen molar-refractivity contribution in [3.05, 3.63) is 130 Å². The summed E-state index contributed by atoms with van der Waals surface area (Å²) in [4.78, 5) is 25.4. The summed E-state index contributed by atoms with van der Waals surface area (Å²) < 4.78 is 10.9. The van der Waals surface area contributed by atoms with Crippen LogP contribution in [0.1, 0.15) is 36.1 Å². The predicted molar refractivity (Wildman–Crippen MR) is 159 cm³/mol. The number of allylic oxidation sites excluding steroid dienone is 8. The van der Waals surface area contributed by atoms with E-state index < -0.39 is 0 Å². The third kappa shape index (κ3) is 7.57. The number of nitrogens with one attached hydrogen (secondary N) is 2. The average molecular weight is 596 g/mol. The van der Waals surface area contributed by atoms with Crippen molar-refractivity contribution >= 4 is 11.6 Å². The largest absolute Gasteiger partial charge is 0.490 e. The van der Waals surface area contributed by atoms with Crippen LogP contribution in [0.2, 0.25) is 0 Å². The van der Waals surface area contributed by atoms with Crippen molar-refractivity contribution in [1.82, 2.24) is 10.6 Å². The summed E-state index contributed by atoms with van der Waals surface area (Å²) in [5, 5.41) is 6.68. The minimum atomic E-state index is -0.127. The van der Waals surface area contributed by atoms with Crippen LogP contribution < -0.4 is 10.6 Å². The maximum atomic E-state index is 12.7. The minimum absolute atomic E-state index is 0. The van der Waals surface area contributed by atoms with Crippen molar-refractivity contribution < 1.29 is 35.8 Å². The molecule has 2 aliphatic carbocycles. The maximum Gasteiger partial charge on any atom is 0.228 e. The van der Waals surface area contributed by atoms with Crippen LogP contribution in [0.3, 0.4) is 0 Å². The van der Waals surface area contributed by atoms with E-state index in [1.54, 1.807) is 36.7 Å². The Bertz CT molecular complexity index is 1370. The van der Waals surface area contributed by atoms with Gasteiger partial charge in [-0.25, -0.2) is 0 Å². The molecule has 0 saturated heterocycles. The van der Waals surface area contributed by atoms with Gasteiger partial charge in [-0.15, -0.1) is 0 Å². The summed E-state index contributed by atoms with van der Waals surface area (Å²) in [6.07, 6.45) is 14.1. The molecular weight excluding hydrogens is 559 g/mol. The van der Waals surface area contributed by atoms with Crippen molar-refractivity contribution in [2.45, 2.75) is 40.8 Å². The Hall–Kier alpha value is -4.07. The fourth-order valence-corrected chi connectivity index (χ4v) is 4.84. The molecule has 0 saturated carbocycles. The van der Waals surface area contributed by atoms with Crippen molar-refractivity contribution in [2.24, 2.45) is 0 Å². The molecule has 2 N–H and O–H groups in total. The summed E-state index contributed by atoms with van der Waals surface area (Å²) in [6, 6.07) is 12.5. The standard InChI is InChI=1S/C34H36N2O4.Co/c1-5-39-29-17-9-15-27(33(29)37)21-35-19-25-13-7-11-23(3)31(25)32-24(4)12-8-14-26(32)20-36-22-28-16-10-18-30(34(28)38)40-6-2;/h7-18,21-22,35-36H,5-6,19-20H2,1-4H3;/b27-21-,28-22-;. The molecule has 4 rings (SSSR count). The number of hydrogen-bond donors (Lipinski definition) is 2. The molecule has 1 radical (unpaired) electrons. The van der Waals surface area contributed by atoms with E-state index in [9.17, 15) is 9.59 Å². The zero-order valence-electron chi connectivity index (χ0n) is 23.9. The molecule has 0 amide bonds. The Balaban J connectivity index is 0.00000462. The second-order valence-electron chi connectivity index (χ2n) is 9.48. The number of carbonyl (C=O) groups excluding carboxylic acids is 2. The second kappa shape index (κ2) is 15.1. The summed E-state index contributed by atoms with van der Waals surface area (Å²) >= 11 is 0. The van der Waals surface area contributed by atoms with Crippen LogP contribution in [0.15, 0.2) is 108 Å². The van der Waals surface area contributed by atoms with Gasteiger partial charge in [0.25, 0.3) is 0 Å². The first kappa shape index (κ1) is 31.5. The van der Waals surface area contributed by atoms with Crippen molar-refractivity contribution in [3.8, 4) is 11.1 Å². The molecule has 41 heavy (non-hydrogen) atoms. The molecular formula is C34H36CoN2O4. The van der Waals surface area contributed by atoms with Crippen LogP contribution in [0, 0.1) is 13.8 Å². The van der Waals surface area contributed by atoms with Gasteiger partial charge in [-0.3, -0.25) is 9.59 Å². The molecule has 0 atom stereocenters. The molecule has 0 bridgehead atoms. The molecule has 2 aliphatic rings. The van der Waals surface area contributed by atoms with Crippen LogP contribution in [-0.2, 0) is 48.9 Å². The van der Waals surface area contributed by atoms with E-state index in [0.29, 0.717) is 49.0 Å². The Morgan fingerprint density at radius 1 is 0.683 bits per heavy atom. The zero-order valence-corrected chi connectivity index (χ0v) is 24.9. The number of ether oxygens (including phenoxy) is 2. The maximum absolute atomic E-state index is 12.7. The van der Waals surface area contributed by atoms with E-state index in [1.165, 1.54) is 0 Å². The molecule has 7 heteroatoms. The van der Waals surface area contributed by atoms with Crippen molar-refractivity contribution in [2.75, 3.05) is 13.2 Å². The number of benzene rings is 2. The first-order chi connectivity index (χ1) is 19.4. The van der Waals surface area contributed by atoms with E-state index in [4.69, 9.17) is 9.47 Å². The number of carbonyl (C=O) groups is 2. The second-order valence-corrected chi connectivity index (χ2v) is 9.48. The summed E-state index contributed by atoms with van der Waals surface area (Å²) in [5.41, 5.74) is 8.00. The van der Waals surface area contributed by atoms with Gasteiger partial charge in [0, 0.05) is 53.4 Å². The third-order valence-electron chi connectivity index (χ3n) is 6.69. The summed E-state index contributed by atoms with van der Waals surface area (Å²) in [5.74, 6) is 0.462. The van der Waals surface area contributed by atoms with Gasteiger partial charge in [-0.05, 0) is 85.4 Å². The minimum Gasteiger partial charge on any atom is -0.490 e. The fraction of sp³-hybridized carbons (Fsp3) is 0.235. The molecule has 0 heterocycles. The molecule has 0 spiro atoms. The van der Waals surface area contributed by atoms with E-state index in [-0.39, 0.29) is 28.3 Å². The number of aryl methyl sites for hydroxylation is 2. The quantitative estimate of drug-likeness (QED) is 0.309. The topological polar surface area (TPSA) is 76.7 Å². The molecule has 2 aromatic carbocycles. The first-order valence-corrected chi connectivity index (χ1v) is 13.6. The molecule has 0 fully saturated rings. The third-order valence-corrected chi connectivity index (χ3v) is 6.69. The Morgan fingerprint density at radius 3 is 1.49 bits per heavy atom.